The average Bonchev–Trinajstić information content (AvgIpc) is 3.14. The molecule has 0 aliphatic heterocycles. The number of para-hydroxylation sites is 1. The Labute approximate surface area is 153 Å². The van der Waals surface area contributed by atoms with Gasteiger partial charge in [0.05, 0.1) is 14.2 Å². The van der Waals surface area contributed by atoms with Crippen molar-refractivity contribution in [2.24, 2.45) is 0 Å². The van der Waals surface area contributed by atoms with Crippen molar-refractivity contribution in [3.8, 4) is 11.5 Å². The van der Waals surface area contributed by atoms with E-state index in [4.69, 9.17) is 9.47 Å². The molecule has 3 rings (SSSR count). The molecular weight excluding hydrogens is 328 g/mol. The zero-order chi connectivity index (χ0) is 18.4. The summed E-state index contributed by atoms with van der Waals surface area (Å²) in [4.78, 5) is 12.6. The van der Waals surface area contributed by atoms with Crippen LogP contribution in [0.15, 0.2) is 66.9 Å². The SMILES string of the molecule is COc1cccc(CNC(=O)c2cccn2Cc2ccccc2)c1OC. The van der Waals surface area contributed by atoms with Gasteiger partial charge in [0.1, 0.15) is 5.69 Å². The molecule has 1 heterocycles. The van der Waals surface area contributed by atoms with Crippen LogP contribution in [-0.4, -0.2) is 24.7 Å². The van der Waals surface area contributed by atoms with E-state index in [1.807, 2.05) is 71.4 Å². The van der Waals surface area contributed by atoms with Crippen molar-refractivity contribution in [2.45, 2.75) is 13.1 Å². The summed E-state index contributed by atoms with van der Waals surface area (Å²) >= 11 is 0. The standard InChI is InChI=1S/C21H22N2O3/c1-25-19-12-6-10-17(20(19)26-2)14-22-21(24)18-11-7-13-23(18)15-16-8-4-3-5-9-16/h3-13H,14-15H2,1-2H3,(H,22,24). The molecule has 0 atom stereocenters. The second kappa shape index (κ2) is 8.25. The highest BCUT2D eigenvalue weighted by Gasteiger charge is 2.14. The maximum atomic E-state index is 12.6. The first-order valence-corrected chi connectivity index (χ1v) is 8.40. The van der Waals surface area contributed by atoms with Gasteiger partial charge in [-0.15, -0.1) is 0 Å². The van der Waals surface area contributed by atoms with E-state index in [1.165, 1.54) is 0 Å². The number of ether oxygens (including phenoxy) is 2. The van der Waals surface area contributed by atoms with Gasteiger partial charge in [-0.1, -0.05) is 42.5 Å². The first-order valence-electron chi connectivity index (χ1n) is 8.40. The van der Waals surface area contributed by atoms with E-state index in [0.717, 1.165) is 11.1 Å². The molecule has 5 heteroatoms. The van der Waals surface area contributed by atoms with E-state index >= 15 is 0 Å². The molecule has 1 amide bonds. The molecule has 1 N–H and O–H groups in total. The van der Waals surface area contributed by atoms with Crippen molar-refractivity contribution in [3.63, 3.8) is 0 Å². The van der Waals surface area contributed by atoms with E-state index in [1.54, 1.807) is 14.2 Å². The van der Waals surface area contributed by atoms with Crippen LogP contribution in [0.3, 0.4) is 0 Å². The van der Waals surface area contributed by atoms with Crippen LogP contribution in [0.2, 0.25) is 0 Å². The van der Waals surface area contributed by atoms with Gasteiger partial charge in [0.2, 0.25) is 0 Å². The number of aromatic nitrogens is 1. The van der Waals surface area contributed by atoms with Gasteiger partial charge in [0.15, 0.2) is 11.5 Å². The summed E-state index contributed by atoms with van der Waals surface area (Å²) in [7, 11) is 3.19. The van der Waals surface area contributed by atoms with Crippen molar-refractivity contribution >= 4 is 5.91 Å². The van der Waals surface area contributed by atoms with Crippen LogP contribution in [0.5, 0.6) is 11.5 Å². The first-order chi connectivity index (χ1) is 12.7. The fourth-order valence-electron chi connectivity index (χ4n) is 2.90. The van der Waals surface area contributed by atoms with Gasteiger partial charge < -0.3 is 19.4 Å². The molecule has 0 saturated carbocycles. The monoisotopic (exact) mass is 350 g/mol. The molecule has 0 fully saturated rings. The third kappa shape index (κ3) is 3.88. The summed E-state index contributed by atoms with van der Waals surface area (Å²) in [6.45, 7) is 1.01. The highest BCUT2D eigenvalue weighted by Crippen LogP contribution is 2.30. The van der Waals surface area contributed by atoms with Gasteiger partial charge in [-0.25, -0.2) is 0 Å². The van der Waals surface area contributed by atoms with E-state index in [-0.39, 0.29) is 5.91 Å². The third-order valence-corrected chi connectivity index (χ3v) is 4.18. The first kappa shape index (κ1) is 17.6. The Balaban J connectivity index is 1.71. The van der Waals surface area contributed by atoms with Gasteiger partial charge in [0.25, 0.3) is 5.91 Å². The molecule has 0 bridgehead atoms. The second-order valence-corrected chi connectivity index (χ2v) is 5.84. The van der Waals surface area contributed by atoms with Gasteiger partial charge in [-0.05, 0) is 23.8 Å². The van der Waals surface area contributed by atoms with Crippen molar-refractivity contribution in [1.82, 2.24) is 9.88 Å². The molecule has 3 aromatic rings. The molecule has 0 unspecified atom stereocenters. The van der Waals surface area contributed by atoms with Crippen LogP contribution in [0.25, 0.3) is 0 Å². The van der Waals surface area contributed by atoms with Gasteiger partial charge >= 0.3 is 0 Å². The van der Waals surface area contributed by atoms with Gasteiger partial charge in [0, 0.05) is 24.8 Å². The average molecular weight is 350 g/mol. The number of hydrogen-bond acceptors (Lipinski definition) is 3. The Morgan fingerprint density at radius 3 is 2.50 bits per heavy atom. The van der Waals surface area contributed by atoms with Crippen LogP contribution in [-0.2, 0) is 13.1 Å². The Morgan fingerprint density at radius 1 is 0.962 bits per heavy atom. The fraction of sp³-hybridized carbons (Fsp3) is 0.190. The minimum absolute atomic E-state index is 0.129. The van der Waals surface area contributed by atoms with E-state index in [0.29, 0.717) is 30.3 Å². The summed E-state index contributed by atoms with van der Waals surface area (Å²) in [5.74, 6) is 1.15. The summed E-state index contributed by atoms with van der Waals surface area (Å²) in [6, 6.07) is 19.4. The topological polar surface area (TPSA) is 52.5 Å². The van der Waals surface area contributed by atoms with Gasteiger partial charge in [-0.3, -0.25) is 4.79 Å². The lowest BCUT2D eigenvalue weighted by molar-refractivity contribution is 0.0942. The fourth-order valence-corrected chi connectivity index (χ4v) is 2.90. The number of rotatable bonds is 7. The Morgan fingerprint density at radius 2 is 1.77 bits per heavy atom. The number of amides is 1. The van der Waals surface area contributed by atoms with Crippen LogP contribution in [0, 0.1) is 0 Å². The molecule has 0 spiro atoms. The maximum Gasteiger partial charge on any atom is 0.268 e. The minimum Gasteiger partial charge on any atom is -0.493 e. The molecule has 26 heavy (non-hydrogen) atoms. The normalized spacial score (nSPS) is 10.4. The lowest BCUT2D eigenvalue weighted by atomic mass is 10.2. The zero-order valence-electron chi connectivity index (χ0n) is 14.9. The Hall–Kier alpha value is -3.21. The highest BCUT2D eigenvalue weighted by atomic mass is 16.5. The Bertz CT molecular complexity index is 872. The highest BCUT2D eigenvalue weighted by molar-refractivity contribution is 5.92. The van der Waals surface area contributed by atoms with Crippen molar-refractivity contribution in [1.29, 1.82) is 0 Å². The number of carbonyl (C=O) groups excluding carboxylic acids is 1. The molecule has 0 radical (unpaired) electrons. The lowest BCUT2D eigenvalue weighted by Gasteiger charge is -2.14. The van der Waals surface area contributed by atoms with E-state index < -0.39 is 0 Å². The maximum absolute atomic E-state index is 12.6. The smallest absolute Gasteiger partial charge is 0.268 e. The second-order valence-electron chi connectivity index (χ2n) is 5.84. The molecular formula is C21H22N2O3. The summed E-state index contributed by atoms with van der Waals surface area (Å²) in [5.41, 5.74) is 2.63. The molecule has 5 nitrogen and oxygen atoms in total. The number of benzene rings is 2. The Kier molecular flexibility index (Phi) is 5.59. The number of methoxy groups -OCH3 is 2. The predicted molar refractivity (Wildman–Crippen MR) is 101 cm³/mol. The van der Waals surface area contributed by atoms with E-state index in [2.05, 4.69) is 5.32 Å². The number of nitrogens with one attached hydrogen (secondary N) is 1. The number of hydrogen-bond donors (Lipinski definition) is 1. The number of carbonyl (C=O) groups is 1. The molecule has 1 aromatic heterocycles. The lowest BCUT2D eigenvalue weighted by Crippen LogP contribution is -2.25. The van der Waals surface area contributed by atoms with Crippen LogP contribution in [0.1, 0.15) is 21.6 Å². The molecule has 134 valence electrons. The third-order valence-electron chi connectivity index (χ3n) is 4.18. The molecule has 0 aliphatic carbocycles. The zero-order valence-corrected chi connectivity index (χ0v) is 14.9. The van der Waals surface area contributed by atoms with Crippen LogP contribution >= 0.6 is 0 Å². The quantitative estimate of drug-likeness (QED) is 0.710. The molecule has 0 aliphatic rings. The largest absolute Gasteiger partial charge is 0.493 e. The van der Waals surface area contributed by atoms with Crippen molar-refractivity contribution < 1.29 is 14.3 Å². The van der Waals surface area contributed by atoms with Crippen LogP contribution in [0.4, 0.5) is 0 Å². The molecule has 2 aromatic carbocycles. The van der Waals surface area contributed by atoms with E-state index in [9.17, 15) is 4.79 Å². The number of nitrogens with zero attached hydrogens (tertiary/aromatic N) is 1. The summed E-state index contributed by atoms with van der Waals surface area (Å²) in [6.07, 6.45) is 1.91. The van der Waals surface area contributed by atoms with Crippen molar-refractivity contribution in [2.75, 3.05) is 14.2 Å². The summed E-state index contributed by atoms with van der Waals surface area (Å²) < 4.78 is 12.6. The van der Waals surface area contributed by atoms with Crippen LogP contribution < -0.4 is 14.8 Å². The molecule has 0 saturated heterocycles. The minimum atomic E-state index is -0.129. The van der Waals surface area contributed by atoms with Crippen molar-refractivity contribution in [3.05, 3.63) is 83.7 Å². The van der Waals surface area contributed by atoms with Gasteiger partial charge in [-0.2, -0.15) is 0 Å². The summed E-state index contributed by atoms with van der Waals surface area (Å²) in [5, 5.41) is 2.96. The predicted octanol–water partition coefficient (Wildman–Crippen LogP) is 3.48.